The van der Waals surface area contributed by atoms with Crippen LogP contribution < -0.4 is 10.1 Å². The number of benzene rings is 3. The number of fused-ring (bicyclic) bond motifs is 2. The number of anilines is 1. The van der Waals surface area contributed by atoms with Crippen molar-refractivity contribution < 1.29 is 23.0 Å². The number of hydrogen-bond acceptors (Lipinski definition) is 7. The fourth-order valence-electron chi connectivity index (χ4n) is 6.79. The van der Waals surface area contributed by atoms with Crippen LogP contribution in [0.1, 0.15) is 51.5 Å². The molecule has 0 aliphatic carbocycles. The van der Waals surface area contributed by atoms with E-state index in [9.17, 15) is 9.18 Å². The van der Waals surface area contributed by atoms with Crippen molar-refractivity contribution in [3.05, 3.63) is 117 Å². The molecule has 6 aromatic rings. The van der Waals surface area contributed by atoms with E-state index in [0.717, 1.165) is 54.2 Å². The molecule has 8 rings (SSSR count). The number of amides is 1. The fraction of sp³-hybridized carbons (Fsp3) is 0.282. The smallest absolute Gasteiger partial charge is 0.255 e. The highest BCUT2D eigenvalue weighted by Gasteiger charge is 2.25. The molecule has 1 saturated heterocycles. The maximum Gasteiger partial charge on any atom is 0.255 e. The van der Waals surface area contributed by atoms with Gasteiger partial charge in [-0.25, -0.2) is 18.7 Å². The standard InChI is InChI=1S/C39H36ClF2N7O3/c1-22-16-32(37(42)36-23(2)46-47-38(22)36)45-39(50)25-7-9-33-31(17-25)43-34(49(33)19-28-12-15-51-28)20-48-13-10-24(11-14-48)30-4-3-5-35(44-30)52-21-26-6-8-27(40)18-29(26)41/h3-10,16-18,28H,11-15,19-21H2,1-2H3,(H,45,50)(H,46,47)/t28-/m0/s1. The van der Waals surface area contributed by atoms with Crippen molar-refractivity contribution >= 4 is 50.7 Å². The maximum absolute atomic E-state index is 15.4. The third-order valence-corrected chi connectivity index (χ3v) is 10.0. The average Bonchev–Trinajstić information content (AvgIpc) is 3.68. The number of halogens is 3. The molecule has 52 heavy (non-hydrogen) atoms. The Labute approximate surface area is 303 Å². The summed E-state index contributed by atoms with van der Waals surface area (Å²) in [5.41, 5.74) is 6.35. The van der Waals surface area contributed by atoms with Gasteiger partial charge in [0.05, 0.1) is 58.2 Å². The Hall–Kier alpha value is -5.17. The van der Waals surface area contributed by atoms with E-state index in [1.54, 1.807) is 43.3 Å². The van der Waals surface area contributed by atoms with Gasteiger partial charge in [0.15, 0.2) is 5.82 Å². The molecule has 3 aromatic heterocycles. The van der Waals surface area contributed by atoms with Crippen LogP contribution in [-0.2, 0) is 24.4 Å². The molecule has 0 bridgehead atoms. The number of nitrogens with one attached hydrogen (secondary N) is 2. The van der Waals surface area contributed by atoms with Gasteiger partial charge in [0.25, 0.3) is 5.91 Å². The number of nitrogens with zero attached hydrogens (tertiary/aromatic N) is 5. The third kappa shape index (κ3) is 6.76. The number of pyridine rings is 1. The molecule has 0 saturated carbocycles. The van der Waals surface area contributed by atoms with E-state index < -0.39 is 17.5 Å². The van der Waals surface area contributed by atoms with Crippen LogP contribution in [0.5, 0.6) is 5.88 Å². The Morgan fingerprint density at radius 2 is 1.98 bits per heavy atom. The Morgan fingerprint density at radius 1 is 1.12 bits per heavy atom. The molecule has 0 spiro atoms. The summed E-state index contributed by atoms with van der Waals surface area (Å²) in [5, 5.41) is 10.5. The quantitative estimate of drug-likeness (QED) is 0.149. The molecular weight excluding hydrogens is 688 g/mol. The van der Waals surface area contributed by atoms with Gasteiger partial charge in [0.1, 0.15) is 18.2 Å². The molecule has 1 amide bonds. The third-order valence-electron chi connectivity index (χ3n) is 9.78. The minimum atomic E-state index is -0.519. The van der Waals surface area contributed by atoms with Crippen molar-refractivity contribution in [1.82, 2.24) is 29.6 Å². The minimum Gasteiger partial charge on any atom is -0.473 e. The van der Waals surface area contributed by atoms with Crippen LogP contribution in [0, 0.1) is 25.5 Å². The number of ether oxygens (including phenoxy) is 2. The summed E-state index contributed by atoms with van der Waals surface area (Å²) in [5.74, 6) is -0.0577. The van der Waals surface area contributed by atoms with Crippen molar-refractivity contribution in [3.63, 3.8) is 0 Å². The summed E-state index contributed by atoms with van der Waals surface area (Å²) >= 11 is 5.87. The van der Waals surface area contributed by atoms with E-state index in [2.05, 4.69) is 36.0 Å². The molecule has 1 atom stereocenters. The van der Waals surface area contributed by atoms with Gasteiger partial charge in [-0.05, 0) is 80.3 Å². The van der Waals surface area contributed by atoms with Crippen molar-refractivity contribution in [2.45, 2.75) is 52.5 Å². The van der Waals surface area contributed by atoms with Crippen molar-refractivity contribution in [2.24, 2.45) is 0 Å². The Bertz CT molecular complexity index is 2370. The topological polar surface area (TPSA) is 110 Å². The first kappa shape index (κ1) is 33.9. The summed E-state index contributed by atoms with van der Waals surface area (Å²) in [4.78, 5) is 25.4. The average molecular weight is 724 g/mol. The van der Waals surface area contributed by atoms with E-state index >= 15 is 4.39 Å². The number of aromatic nitrogens is 5. The second-order valence-corrected chi connectivity index (χ2v) is 13.7. The van der Waals surface area contributed by atoms with Gasteiger partial charge >= 0.3 is 0 Å². The predicted molar refractivity (Wildman–Crippen MR) is 195 cm³/mol. The number of rotatable bonds is 10. The second kappa shape index (κ2) is 14.1. The van der Waals surface area contributed by atoms with E-state index in [0.29, 0.717) is 63.8 Å². The van der Waals surface area contributed by atoms with Crippen LogP contribution in [0.25, 0.3) is 27.5 Å². The molecular formula is C39H36ClF2N7O3. The molecule has 10 nitrogen and oxygen atoms in total. The Morgan fingerprint density at radius 3 is 2.75 bits per heavy atom. The van der Waals surface area contributed by atoms with E-state index in [-0.39, 0.29) is 18.4 Å². The summed E-state index contributed by atoms with van der Waals surface area (Å²) in [6.07, 6.45) is 4.03. The highest BCUT2D eigenvalue weighted by molar-refractivity contribution is 6.30. The molecule has 5 heterocycles. The second-order valence-electron chi connectivity index (χ2n) is 13.3. The number of carbonyl (C=O) groups excluding carboxylic acids is 1. The molecule has 2 aliphatic heterocycles. The zero-order valence-corrected chi connectivity index (χ0v) is 29.4. The van der Waals surface area contributed by atoms with Gasteiger partial charge in [-0.2, -0.15) is 5.10 Å². The lowest BCUT2D eigenvalue weighted by Gasteiger charge is -2.29. The summed E-state index contributed by atoms with van der Waals surface area (Å²) in [7, 11) is 0. The lowest BCUT2D eigenvalue weighted by molar-refractivity contribution is -0.0591. The number of imidazole rings is 1. The summed E-state index contributed by atoms with van der Waals surface area (Å²) < 4.78 is 43.4. The predicted octanol–water partition coefficient (Wildman–Crippen LogP) is 7.77. The van der Waals surface area contributed by atoms with Crippen LogP contribution >= 0.6 is 11.6 Å². The molecule has 2 N–H and O–H groups in total. The van der Waals surface area contributed by atoms with Gasteiger partial charge in [-0.3, -0.25) is 14.8 Å². The SMILES string of the molecule is Cc1cc(NC(=O)c2ccc3c(c2)nc(CN2CC=C(c4cccc(OCc5ccc(Cl)cc5F)n4)CC2)n3C[C@@H]2CCO2)c(F)c2c(C)n[nH]c12. The van der Waals surface area contributed by atoms with Gasteiger partial charge in [0.2, 0.25) is 5.88 Å². The van der Waals surface area contributed by atoms with Crippen LogP contribution in [0.15, 0.2) is 66.7 Å². The molecule has 2 aliphatic rings. The zero-order chi connectivity index (χ0) is 35.9. The number of aryl methyl sites for hydroxylation is 2. The van der Waals surface area contributed by atoms with E-state index in [1.165, 1.54) is 6.07 Å². The molecule has 0 radical (unpaired) electrons. The first-order valence-corrected chi connectivity index (χ1v) is 17.6. The Kier molecular flexibility index (Phi) is 9.20. The Balaban J connectivity index is 0.980. The molecule has 0 unspecified atom stereocenters. The zero-order valence-electron chi connectivity index (χ0n) is 28.7. The fourth-order valence-corrected chi connectivity index (χ4v) is 6.95. The molecule has 266 valence electrons. The maximum atomic E-state index is 15.4. The highest BCUT2D eigenvalue weighted by Crippen LogP contribution is 2.30. The lowest BCUT2D eigenvalue weighted by atomic mass is 10.0. The normalized spacial score (nSPS) is 16.2. The number of aromatic amines is 1. The molecule has 3 aromatic carbocycles. The van der Waals surface area contributed by atoms with Gasteiger partial charge < -0.3 is 19.4 Å². The van der Waals surface area contributed by atoms with Crippen LogP contribution in [-0.4, -0.2) is 61.3 Å². The summed E-state index contributed by atoms with van der Waals surface area (Å²) in [6, 6.07) is 17.1. The number of hydrogen-bond donors (Lipinski definition) is 2. The van der Waals surface area contributed by atoms with Crippen molar-refractivity contribution in [1.29, 1.82) is 0 Å². The highest BCUT2D eigenvalue weighted by atomic mass is 35.5. The van der Waals surface area contributed by atoms with Crippen molar-refractivity contribution in [2.75, 3.05) is 25.0 Å². The van der Waals surface area contributed by atoms with E-state index in [4.69, 9.17) is 26.1 Å². The van der Waals surface area contributed by atoms with E-state index in [1.807, 2.05) is 25.1 Å². The molecule has 13 heteroatoms. The van der Waals surface area contributed by atoms with Crippen LogP contribution in [0.4, 0.5) is 14.5 Å². The van der Waals surface area contributed by atoms with Crippen LogP contribution in [0.3, 0.4) is 0 Å². The lowest BCUT2D eigenvalue weighted by Crippen LogP contribution is -2.33. The number of H-pyrrole nitrogens is 1. The minimum absolute atomic E-state index is 0.0472. The first-order valence-electron chi connectivity index (χ1n) is 17.2. The summed E-state index contributed by atoms with van der Waals surface area (Å²) in [6.45, 7) is 7.11. The molecule has 1 fully saturated rings. The first-order chi connectivity index (χ1) is 25.2. The van der Waals surface area contributed by atoms with Gasteiger partial charge in [-0.1, -0.05) is 29.8 Å². The van der Waals surface area contributed by atoms with Gasteiger partial charge in [-0.15, -0.1) is 0 Å². The number of carbonyl (C=O) groups is 1. The van der Waals surface area contributed by atoms with Crippen LogP contribution in [0.2, 0.25) is 5.02 Å². The monoisotopic (exact) mass is 723 g/mol. The van der Waals surface area contributed by atoms with Gasteiger partial charge in [0, 0.05) is 41.9 Å². The largest absolute Gasteiger partial charge is 0.473 e. The van der Waals surface area contributed by atoms with Crippen molar-refractivity contribution in [3.8, 4) is 5.88 Å².